The van der Waals surface area contributed by atoms with Crippen molar-refractivity contribution in [3.63, 3.8) is 0 Å². The molecule has 0 radical (unpaired) electrons. The van der Waals surface area contributed by atoms with E-state index < -0.39 is 29.8 Å². The van der Waals surface area contributed by atoms with Gasteiger partial charge in [0.05, 0.1) is 0 Å². The topological polar surface area (TPSA) is 139 Å². The molecule has 0 aromatic heterocycles. The van der Waals surface area contributed by atoms with Crippen molar-refractivity contribution in [2.45, 2.75) is 57.7 Å². The first kappa shape index (κ1) is 30.5. The minimum Gasteiger partial charge on any atom is -0.370 e. The number of primary amides is 1. The third-order valence-corrected chi connectivity index (χ3v) is 7.70. The normalized spacial score (nSPS) is 14.8. The van der Waals surface area contributed by atoms with Gasteiger partial charge in [-0.25, -0.2) is 0 Å². The molecule has 0 saturated heterocycles. The zero-order chi connectivity index (χ0) is 30.2. The minimum absolute atomic E-state index is 0.000512. The number of Topliss-reactive ketones (excluding diaryl/α,β-unsaturated/α-hetero) is 1. The highest BCUT2D eigenvalue weighted by atomic mass is 35.5. The summed E-state index contributed by atoms with van der Waals surface area (Å²) in [5.41, 5.74) is 8.91. The first-order valence-electron chi connectivity index (χ1n) is 13.7. The number of carbonyl (C=O) groups is 5. The highest BCUT2D eigenvalue weighted by Gasteiger charge is 2.36. The lowest BCUT2D eigenvalue weighted by Crippen LogP contribution is -2.56. The van der Waals surface area contributed by atoms with Crippen LogP contribution in [-0.4, -0.2) is 46.4 Å². The van der Waals surface area contributed by atoms with Crippen LogP contribution in [0.25, 0.3) is 0 Å². The van der Waals surface area contributed by atoms with Crippen molar-refractivity contribution in [2.75, 3.05) is 5.32 Å². The molecular formula is C32H33ClN4O5. The van der Waals surface area contributed by atoms with Gasteiger partial charge >= 0.3 is 0 Å². The Morgan fingerprint density at radius 3 is 2.31 bits per heavy atom. The number of hydrogen-bond acceptors (Lipinski definition) is 5. The second-order valence-electron chi connectivity index (χ2n) is 10.3. The Balaban J connectivity index is 1.51. The number of rotatable bonds is 11. The van der Waals surface area contributed by atoms with Crippen LogP contribution < -0.4 is 16.4 Å². The van der Waals surface area contributed by atoms with Crippen molar-refractivity contribution in [3.05, 3.63) is 100 Å². The molecule has 1 heterocycles. The van der Waals surface area contributed by atoms with Gasteiger partial charge in [0, 0.05) is 48.5 Å². The lowest BCUT2D eigenvalue weighted by molar-refractivity contribution is -0.142. The molecule has 0 bridgehead atoms. The molecule has 0 saturated carbocycles. The molecule has 1 aliphatic rings. The van der Waals surface area contributed by atoms with Gasteiger partial charge in [-0.15, -0.1) is 0 Å². The molecule has 1 aliphatic heterocycles. The van der Waals surface area contributed by atoms with E-state index in [4.69, 9.17) is 17.3 Å². The van der Waals surface area contributed by atoms with Crippen LogP contribution >= 0.6 is 11.6 Å². The summed E-state index contributed by atoms with van der Waals surface area (Å²) in [5, 5.41) is 6.05. The number of fused-ring (bicyclic) bond motifs is 1. The fourth-order valence-corrected chi connectivity index (χ4v) is 5.04. The van der Waals surface area contributed by atoms with Crippen molar-refractivity contribution >= 4 is 46.7 Å². The summed E-state index contributed by atoms with van der Waals surface area (Å²) >= 11 is 6.09. The Hall–Kier alpha value is -4.50. The van der Waals surface area contributed by atoms with Gasteiger partial charge in [-0.1, -0.05) is 66.2 Å². The highest BCUT2D eigenvalue weighted by molar-refractivity contribution is 6.31. The molecule has 4 amide bonds. The first-order chi connectivity index (χ1) is 20.1. The van der Waals surface area contributed by atoms with Gasteiger partial charge in [-0.2, -0.15) is 0 Å². The van der Waals surface area contributed by atoms with Crippen molar-refractivity contribution in [2.24, 2.45) is 5.73 Å². The van der Waals surface area contributed by atoms with Crippen molar-refractivity contribution in [1.29, 1.82) is 0 Å². The average Bonchev–Trinajstić information content (AvgIpc) is 2.99. The largest absolute Gasteiger partial charge is 0.370 e. The number of nitrogens with two attached hydrogens (primary N) is 1. The molecule has 10 heteroatoms. The van der Waals surface area contributed by atoms with E-state index >= 15 is 0 Å². The van der Waals surface area contributed by atoms with Crippen LogP contribution in [0, 0.1) is 6.92 Å². The summed E-state index contributed by atoms with van der Waals surface area (Å²) in [6.07, 6.45) is 0.0135. The van der Waals surface area contributed by atoms with E-state index in [1.165, 1.54) is 4.90 Å². The second-order valence-corrected chi connectivity index (χ2v) is 10.7. The Labute approximate surface area is 249 Å². The van der Waals surface area contributed by atoms with Crippen LogP contribution in [0.5, 0.6) is 0 Å². The number of benzene rings is 3. The summed E-state index contributed by atoms with van der Waals surface area (Å²) in [6.45, 7) is 1.99. The number of anilines is 1. The summed E-state index contributed by atoms with van der Waals surface area (Å²) in [7, 11) is 0. The standard InChI is InChI=1S/C32H33ClN4O5/c1-20-17-24(11-12-25(20)33)35-31(41)26(13-15-29(34)39)36-32(42)27-18-22-9-5-6-10-23(22)19-37(27)30(40)16-14-28(38)21-7-3-2-4-8-21/h2-12,17,26-27H,13-16,18-19H2,1H3,(H2,34,39)(H,35,41)(H,36,42)/t26-,27-/m0/s1. The minimum atomic E-state index is -1.09. The number of nitrogens with zero attached hydrogens (tertiary/aromatic N) is 1. The summed E-state index contributed by atoms with van der Waals surface area (Å²) < 4.78 is 0. The average molecular weight is 589 g/mol. The van der Waals surface area contributed by atoms with E-state index in [2.05, 4.69) is 10.6 Å². The molecule has 0 unspecified atom stereocenters. The predicted molar refractivity (Wildman–Crippen MR) is 160 cm³/mol. The molecular weight excluding hydrogens is 556 g/mol. The number of nitrogens with one attached hydrogen (secondary N) is 2. The molecule has 4 rings (SSSR count). The molecule has 0 fully saturated rings. The van der Waals surface area contributed by atoms with E-state index in [9.17, 15) is 24.0 Å². The van der Waals surface area contributed by atoms with E-state index in [1.807, 2.05) is 30.3 Å². The number of halogens is 1. The highest BCUT2D eigenvalue weighted by Crippen LogP contribution is 2.25. The summed E-state index contributed by atoms with van der Waals surface area (Å²) in [5.74, 6) is -2.19. The molecule has 3 aromatic carbocycles. The third kappa shape index (κ3) is 7.82. The van der Waals surface area contributed by atoms with Crippen LogP contribution in [0.1, 0.15) is 52.7 Å². The maximum atomic E-state index is 13.7. The van der Waals surface area contributed by atoms with Gasteiger partial charge in [-0.3, -0.25) is 24.0 Å². The van der Waals surface area contributed by atoms with Gasteiger partial charge in [0.1, 0.15) is 12.1 Å². The Kier molecular flexibility index (Phi) is 10.1. The van der Waals surface area contributed by atoms with Crippen LogP contribution in [0.3, 0.4) is 0 Å². The molecule has 4 N–H and O–H groups in total. The summed E-state index contributed by atoms with van der Waals surface area (Å²) in [4.78, 5) is 66.0. The predicted octanol–water partition coefficient (Wildman–Crippen LogP) is 3.95. The molecule has 0 spiro atoms. The Bertz CT molecular complexity index is 1490. The van der Waals surface area contributed by atoms with E-state index in [0.717, 1.165) is 16.7 Å². The lowest BCUT2D eigenvalue weighted by atomic mass is 9.92. The van der Waals surface area contributed by atoms with Crippen molar-refractivity contribution in [3.8, 4) is 0 Å². The molecule has 42 heavy (non-hydrogen) atoms. The maximum absolute atomic E-state index is 13.7. The number of ketones is 1. The molecule has 2 atom stereocenters. The molecule has 0 aliphatic carbocycles. The number of aryl methyl sites for hydroxylation is 1. The van der Waals surface area contributed by atoms with Crippen LogP contribution in [0.2, 0.25) is 5.02 Å². The van der Waals surface area contributed by atoms with Crippen molar-refractivity contribution < 1.29 is 24.0 Å². The zero-order valence-electron chi connectivity index (χ0n) is 23.3. The summed E-state index contributed by atoms with van der Waals surface area (Å²) in [6, 6.07) is 19.2. The lowest BCUT2D eigenvalue weighted by Gasteiger charge is -2.36. The van der Waals surface area contributed by atoms with Crippen LogP contribution in [0.4, 0.5) is 5.69 Å². The van der Waals surface area contributed by atoms with E-state index in [0.29, 0.717) is 16.3 Å². The maximum Gasteiger partial charge on any atom is 0.246 e. The van der Waals surface area contributed by atoms with Crippen molar-refractivity contribution in [1.82, 2.24) is 10.2 Å². The Morgan fingerprint density at radius 1 is 0.929 bits per heavy atom. The van der Waals surface area contributed by atoms with E-state index in [-0.39, 0.29) is 50.3 Å². The fourth-order valence-electron chi connectivity index (χ4n) is 4.93. The molecule has 9 nitrogen and oxygen atoms in total. The molecule has 218 valence electrons. The smallest absolute Gasteiger partial charge is 0.246 e. The third-order valence-electron chi connectivity index (χ3n) is 7.27. The van der Waals surface area contributed by atoms with Gasteiger partial charge in [-0.05, 0) is 48.2 Å². The fraction of sp³-hybridized carbons (Fsp3) is 0.281. The van der Waals surface area contributed by atoms with Gasteiger partial charge in [0.15, 0.2) is 5.78 Å². The monoisotopic (exact) mass is 588 g/mol. The van der Waals surface area contributed by atoms with Gasteiger partial charge < -0.3 is 21.3 Å². The number of carbonyl (C=O) groups excluding carboxylic acids is 5. The first-order valence-corrected chi connectivity index (χ1v) is 14.1. The van der Waals surface area contributed by atoms with Gasteiger partial charge in [0.25, 0.3) is 0 Å². The molecule has 3 aromatic rings. The second kappa shape index (κ2) is 13.9. The quantitative estimate of drug-likeness (QED) is 0.291. The van der Waals surface area contributed by atoms with Crippen LogP contribution in [-0.2, 0) is 32.1 Å². The number of amides is 4. The SMILES string of the molecule is Cc1cc(NC(=O)[C@H](CCC(N)=O)NC(=O)[C@@H]2Cc3ccccc3CN2C(=O)CCC(=O)c2ccccc2)ccc1Cl. The van der Waals surface area contributed by atoms with E-state index in [1.54, 1.807) is 49.4 Å². The van der Waals surface area contributed by atoms with Crippen LogP contribution in [0.15, 0.2) is 72.8 Å². The van der Waals surface area contributed by atoms with Gasteiger partial charge in [0.2, 0.25) is 23.6 Å². The Morgan fingerprint density at radius 2 is 1.62 bits per heavy atom. The number of hydrogen-bond donors (Lipinski definition) is 3. The zero-order valence-corrected chi connectivity index (χ0v) is 24.0.